The zero-order chi connectivity index (χ0) is 18.5. The lowest BCUT2D eigenvalue weighted by Gasteiger charge is -2.14. The number of methoxy groups -OCH3 is 1. The van der Waals surface area contributed by atoms with Crippen molar-refractivity contribution in [2.24, 2.45) is 5.14 Å². The highest BCUT2D eigenvalue weighted by Gasteiger charge is 2.24. The number of carbonyl (C=O) groups excluding carboxylic acids is 3. The summed E-state index contributed by atoms with van der Waals surface area (Å²) < 4.78 is 32.6. The third-order valence-corrected chi connectivity index (χ3v) is 3.75. The lowest BCUT2D eigenvalue weighted by molar-refractivity contribution is -0.127. The summed E-state index contributed by atoms with van der Waals surface area (Å²) in [6.45, 7) is 1.24. The number of ether oxygens (including phenoxy) is 2. The fourth-order valence-electron chi connectivity index (χ4n) is 1.58. The number of esters is 1. The van der Waals surface area contributed by atoms with E-state index in [-0.39, 0.29) is 16.2 Å². The van der Waals surface area contributed by atoms with Gasteiger partial charge in [-0.05, 0) is 25.1 Å². The van der Waals surface area contributed by atoms with E-state index >= 15 is 0 Å². The van der Waals surface area contributed by atoms with Crippen LogP contribution in [0.3, 0.4) is 0 Å². The number of amides is 3. The zero-order valence-corrected chi connectivity index (χ0v) is 14.0. The highest BCUT2D eigenvalue weighted by molar-refractivity contribution is 7.89. The van der Waals surface area contributed by atoms with Crippen molar-refractivity contribution >= 4 is 27.9 Å². The monoisotopic (exact) mass is 359 g/mol. The van der Waals surface area contributed by atoms with E-state index < -0.39 is 34.0 Å². The van der Waals surface area contributed by atoms with E-state index in [1.54, 1.807) is 0 Å². The number of sulfonamides is 1. The zero-order valence-electron chi connectivity index (χ0n) is 13.2. The van der Waals surface area contributed by atoms with Gasteiger partial charge in [0, 0.05) is 7.05 Å². The molecule has 0 heterocycles. The molecule has 4 N–H and O–H groups in total. The molecule has 0 radical (unpaired) electrons. The van der Waals surface area contributed by atoms with Gasteiger partial charge in [0.2, 0.25) is 10.0 Å². The van der Waals surface area contributed by atoms with E-state index in [9.17, 15) is 22.8 Å². The number of rotatable bonds is 5. The van der Waals surface area contributed by atoms with Crippen LogP contribution < -0.4 is 20.5 Å². The topological polar surface area (TPSA) is 154 Å². The van der Waals surface area contributed by atoms with Gasteiger partial charge in [-0.3, -0.25) is 10.1 Å². The molecule has 1 aromatic carbocycles. The molecular formula is C13H17N3O7S. The normalized spacial score (nSPS) is 12.0. The average Bonchev–Trinajstić information content (AvgIpc) is 2.52. The Bertz CT molecular complexity index is 761. The average molecular weight is 359 g/mol. The molecule has 1 rings (SSSR count). The Kier molecular flexibility index (Phi) is 6.26. The molecule has 1 aromatic rings. The summed E-state index contributed by atoms with van der Waals surface area (Å²) in [6.07, 6.45) is -1.31. The highest BCUT2D eigenvalue weighted by atomic mass is 32.2. The summed E-state index contributed by atoms with van der Waals surface area (Å²) in [5.41, 5.74) is -0.233. The van der Waals surface area contributed by atoms with Crippen molar-refractivity contribution in [2.75, 3.05) is 14.2 Å². The van der Waals surface area contributed by atoms with Gasteiger partial charge in [0.1, 0.15) is 11.3 Å². The van der Waals surface area contributed by atoms with E-state index in [0.717, 1.165) is 12.1 Å². The van der Waals surface area contributed by atoms with Gasteiger partial charge < -0.3 is 14.8 Å². The number of urea groups is 1. The second kappa shape index (κ2) is 7.75. The van der Waals surface area contributed by atoms with Crippen molar-refractivity contribution < 1.29 is 32.3 Å². The van der Waals surface area contributed by atoms with E-state index in [2.05, 4.69) is 5.32 Å². The van der Waals surface area contributed by atoms with Gasteiger partial charge >= 0.3 is 12.0 Å². The van der Waals surface area contributed by atoms with Crippen molar-refractivity contribution in [3.8, 4) is 5.75 Å². The highest BCUT2D eigenvalue weighted by Crippen LogP contribution is 2.23. The summed E-state index contributed by atoms with van der Waals surface area (Å²) in [5, 5.41) is 9.11. The molecular weight excluding hydrogens is 342 g/mol. The van der Waals surface area contributed by atoms with Crippen LogP contribution >= 0.6 is 0 Å². The van der Waals surface area contributed by atoms with Crippen LogP contribution in [-0.2, 0) is 19.6 Å². The van der Waals surface area contributed by atoms with Gasteiger partial charge in [-0.1, -0.05) is 0 Å². The van der Waals surface area contributed by atoms with Gasteiger partial charge in [-0.2, -0.15) is 0 Å². The fourth-order valence-corrected chi connectivity index (χ4v) is 2.12. The third kappa shape index (κ3) is 4.93. The molecule has 0 aromatic heterocycles. The van der Waals surface area contributed by atoms with E-state index in [1.165, 1.54) is 27.1 Å². The Balaban J connectivity index is 3.02. The Morgan fingerprint density at radius 1 is 1.25 bits per heavy atom. The van der Waals surface area contributed by atoms with Crippen molar-refractivity contribution in [1.29, 1.82) is 0 Å². The summed E-state index contributed by atoms with van der Waals surface area (Å²) in [6, 6.07) is 2.59. The molecule has 132 valence electrons. The number of hydrogen-bond donors (Lipinski definition) is 3. The molecule has 10 nitrogen and oxygen atoms in total. The Morgan fingerprint density at radius 2 is 1.88 bits per heavy atom. The first kappa shape index (κ1) is 19.4. The summed E-state index contributed by atoms with van der Waals surface area (Å²) in [5.74, 6) is -1.84. The smallest absolute Gasteiger partial charge is 0.342 e. The lowest BCUT2D eigenvalue weighted by atomic mass is 10.2. The van der Waals surface area contributed by atoms with Crippen LogP contribution in [0.5, 0.6) is 5.75 Å². The minimum atomic E-state index is -4.04. The first-order valence-corrected chi connectivity index (χ1v) is 8.09. The van der Waals surface area contributed by atoms with Gasteiger partial charge in [-0.25, -0.2) is 23.1 Å². The minimum Gasteiger partial charge on any atom is -0.496 e. The second-order valence-electron chi connectivity index (χ2n) is 4.52. The van der Waals surface area contributed by atoms with E-state index in [1.807, 2.05) is 5.32 Å². The number of primary sulfonamides is 1. The van der Waals surface area contributed by atoms with Gasteiger partial charge in [-0.15, -0.1) is 0 Å². The molecule has 0 spiro atoms. The predicted molar refractivity (Wildman–Crippen MR) is 81.8 cm³/mol. The van der Waals surface area contributed by atoms with Crippen molar-refractivity contribution in [3.05, 3.63) is 23.8 Å². The molecule has 0 unspecified atom stereocenters. The molecule has 0 fully saturated rings. The molecule has 0 saturated heterocycles. The van der Waals surface area contributed by atoms with Crippen LogP contribution in [0, 0.1) is 0 Å². The Morgan fingerprint density at radius 3 is 2.38 bits per heavy atom. The van der Waals surface area contributed by atoms with Crippen molar-refractivity contribution in [2.45, 2.75) is 17.9 Å². The van der Waals surface area contributed by atoms with Gasteiger partial charge in [0.15, 0.2) is 6.10 Å². The number of hydrogen-bond acceptors (Lipinski definition) is 7. The van der Waals surface area contributed by atoms with Crippen LogP contribution in [0.25, 0.3) is 0 Å². The Hall–Kier alpha value is -2.66. The molecule has 0 aliphatic rings. The molecule has 24 heavy (non-hydrogen) atoms. The largest absolute Gasteiger partial charge is 0.496 e. The fraction of sp³-hybridized carbons (Fsp3) is 0.308. The summed E-state index contributed by atoms with van der Waals surface area (Å²) in [4.78, 5) is 34.6. The Labute approximate surface area is 138 Å². The standard InChI is InChI=1S/C13H17N3O7S/c1-7(11(17)16-13(19)15-2)23-12(18)9-6-8(24(14,20)21)4-5-10(9)22-3/h4-7H,1-3H3,(H2,14,20,21)(H2,15,16,17,19)/t7-/m1/s1. The summed E-state index contributed by atoms with van der Waals surface area (Å²) in [7, 11) is -1.47. The molecule has 0 aliphatic carbocycles. The van der Waals surface area contributed by atoms with Crippen molar-refractivity contribution in [3.63, 3.8) is 0 Å². The van der Waals surface area contributed by atoms with Crippen LogP contribution in [0.2, 0.25) is 0 Å². The number of nitrogens with two attached hydrogens (primary N) is 1. The molecule has 3 amide bonds. The van der Waals surface area contributed by atoms with Crippen LogP contribution in [-0.4, -0.2) is 46.6 Å². The van der Waals surface area contributed by atoms with Crippen molar-refractivity contribution in [1.82, 2.24) is 10.6 Å². The minimum absolute atomic E-state index is 0.0336. The number of benzene rings is 1. The van der Waals surface area contributed by atoms with Gasteiger partial charge in [0.25, 0.3) is 5.91 Å². The van der Waals surface area contributed by atoms with E-state index in [4.69, 9.17) is 14.6 Å². The van der Waals surface area contributed by atoms with Crippen LogP contribution in [0.15, 0.2) is 23.1 Å². The summed E-state index contributed by atoms with van der Waals surface area (Å²) >= 11 is 0. The molecule has 11 heteroatoms. The van der Waals surface area contributed by atoms with E-state index in [0.29, 0.717) is 0 Å². The maximum absolute atomic E-state index is 12.2. The van der Waals surface area contributed by atoms with Crippen LogP contribution in [0.4, 0.5) is 4.79 Å². The lowest BCUT2D eigenvalue weighted by Crippen LogP contribution is -2.43. The number of imide groups is 1. The SMILES string of the molecule is CNC(=O)NC(=O)[C@@H](C)OC(=O)c1cc(S(N)(=O)=O)ccc1OC. The predicted octanol–water partition coefficient (Wildman–Crippen LogP) is -0.656. The third-order valence-electron chi connectivity index (χ3n) is 2.84. The van der Waals surface area contributed by atoms with Crippen LogP contribution in [0.1, 0.15) is 17.3 Å². The molecule has 0 bridgehead atoms. The maximum Gasteiger partial charge on any atom is 0.342 e. The first-order chi connectivity index (χ1) is 11.1. The quantitative estimate of drug-likeness (QED) is 0.590. The molecule has 1 atom stereocenters. The molecule has 0 aliphatic heterocycles. The number of nitrogens with one attached hydrogen (secondary N) is 2. The second-order valence-corrected chi connectivity index (χ2v) is 6.08. The van der Waals surface area contributed by atoms with Gasteiger partial charge in [0.05, 0.1) is 12.0 Å². The number of carbonyl (C=O) groups is 3. The molecule has 0 saturated carbocycles. The first-order valence-electron chi connectivity index (χ1n) is 6.54. The maximum atomic E-state index is 12.2.